The van der Waals surface area contributed by atoms with Gasteiger partial charge in [-0.3, -0.25) is 4.79 Å². The Labute approximate surface area is 99.7 Å². The molecule has 1 fully saturated rings. The van der Waals surface area contributed by atoms with Crippen molar-refractivity contribution in [2.45, 2.75) is 25.5 Å². The van der Waals surface area contributed by atoms with E-state index in [1.54, 1.807) is 6.07 Å². The molecule has 0 spiro atoms. The zero-order chi connectivity index (χ0) is 11.4. The number of esters is 1. The molecule has 1 unspecified atom stereocenters. The highest BCUT2D eigenvalue weighted by atomic mass is 35.5. The molecule has 1 N–H and O–H groups in total. The van der Waals surface area contributed by atoms with Crippen LogP contribution in [0.5, 0.6) is 0 Å². The maximum Gasteiger partial charge on any atom is 0.323 e. The van der Waals surface area contributed by atoms with Gasteiger partial charge in [-0.2, -0.15) is 0 Å². The Bertz CT molecular complexity index is 375. The molecule has 1 atom stereocenters. The van der Waals surface area contributed by atoms with E-state index in [-0.39, 0.29) is 18.6 Å². The first-order valence-electron chi connectivity index (χ1n) is 5.41. The van der Waals surface area contributed by atoms with Crippen LogP contribution in [0.3, 0.4) is 0 Å². The first-order valence-corrected chi connectivity index (χ1v) is 5.78. The van der Waals surface area contributed by atoms with E-state index in [2.05, 4.69) is 5.32 Å². The third-order valence-corrected chi connectivity index (χ3v) is 3.04. The van der Waals surface area contributed by atoms with Crippen molar-refractivity contribution in [3.05, 3.63) is 34.9 Å². The fourth-order valence-electron chi connectivity index (χ4n) is 1.75. The molecule has 0 aliphatic carbocycles. The molecule has 0 radical (unpaired) electrons. The van der Waals surface area contributed by atoms with E-state index in [9.17, 15) is 4.79 Å². The summed E-state index contributed by atoms with van der Waals surface area (Å²) in [6.45, 7) is 1.14. The van der Waals surface area contributed by atoms with Gasteiger partial charge in [0.05, 0.1) is 0 Å². The standard InChI is InChI=1S/C12H14ClNO2/c13-10-5-2-1-4-9(10)8-16-12(15)11-6-3-7-14-11/h1-2,4-5,11,14H,3,6-8H2. The van der Waals surface area contributed by atoms with Gasteiger partial charge in [-0.15, -0.1) is 0 Å². The summed E-state index contributed by atoms with van der Waals surface area (Å²) in [5.74, 6) is -0.183. The SMILES string of the molecule is O=C(OCc1ccccc1Cl)C1CCCN1. The van der Waals surface area contributed by atoms with Gasteiger partial charge in [0.2, 0.25) is 0 Å². The zero-order valence-corrected chi connectivity index (χ0v) is 9.67. The third-order valence-electron chi connectivity index (χ3n) is 2.67. The average Bonchev–Trinajstić information content (AvgIpc) is 2.81. The molecule has 1 aromatic carbocycles. The van der Waals surface area contributed by atoms with Crippen molar-refractivity contribution in [3.8, 4) is 0 Å². The second-order valence-corrected chi connectivity index (χ2v) is 4.26. The Hall–Kier alpha value is -1.06. The number of hydrogen-bond donors (Lipinski definition) is 1. The first-order chi connectivity index (χ1) is 7.77. The van der Waals surface area contributed by atoms with E-state index in [4.69, 9.17) is 16.3 Å². The van der Waals surface area contributed by atoms with E-state index in [0.717, 1.165) is 24.9 Å². The molecule has 2 rings (SSSR count). The third kappa shape index (κ3) is 2.74. The highest BCUT2D eigenvalue weighted by molar-refractivity contribution is 6.31. The van der Waals surface area contributed by atoms with E-state index in [0.29, 0.717) is 5.02 Å². The molecule has 1 aromatic rings. The molecule has 1 saturated heterocycles. The van der Waals surface area contributed by atoms with Crippen LogP contribution in [-0.4, -0.2) is 18.6 Å². The molecule has 4 heteroatoms. The fourth-order valence-corrected chi connectivity index (χ4v) is 1.94. The van der Waals surface area contributed by atoms with Crippen molar-refractivity contribution in [2.75, 3.05) is 6.54 Å². The van der Waals surface area contributed by atoms with Crippen LogP contribution in [-0.2, 0) is 16.1 Å². The van der Waals surface area contributed by atoms with Gasteiger partial charge in [0.15, 0.2) is 0 Å². The number of benzene rings is 1. The Morgan fingerprint density at radius 3 is 3.00 bits per heavy atom. The number of nitrogens with one attached hydrogen (secondary N) is 1. The van der Waals surface area contributed by atoms with Crippen molar-refractivity contribution in [2.24, 2.45) is 0 Å². The number of hydrogen-bond acceptors (Lipinski definition) is 3. The number of rotatable bonds is 3. The van der Waals surface area contributed by atoms with Gasteiger partial charge in [-0.05, 0) is 25.5 Å². The molecule has 0 amide bonds. The van der Waals surface area contributed by atoms with E-state index in [1.165, 1.54) is 0 Å². The van der Waals surface area contributed by atoms with Crippen molar-refractivity contribution in [3.63, 3.8) is 0 Å². The van der Waals surface area contributed by atoms with Crippen molar-refractivity contribution in [1.29, 1.82) is 0 Å². The molecule has 86 valence electrons. The quantitative estimate of drug-likeness (QED) is 0.822. The van der Waals surface area contributed by atoms with Gasteiger partial charge >= 0.3 is 5.97 Å². The van der Waals surface area contributed by atoms with Crippen molar-refractivity contribution < 1.29 is 9.53 Å². The molecule has 3 nitrogen and oxygen atoms in total. The van der Waals surface area contributed by atoms with Crippen LogP contribution in [0.1, 0.15) is 18.4 Å². The minimum absolute atomic E-state index is 0.137. The van der Waals surface area contributed by atoms with Gasteiger partial charge in [0, 0.05) is 10.6 Å². The molecule has 0 saturated carbocycles. The Morgan fingerprint density at radius 2 is 2.31 bits per heavy atom. The molecular formula is C12H14ClNO2. The van der Waals surface area contributed by atoms with Gasteiger partial charge in [-0.25, -0.2) is 0 Å². The summed E-state index contributed by atoms with van der Waals surface area (Å²) >= 11 is 5.96. The van der Waals surface area contributed by atoms with Crippen LogP contribution in [0.25, 0.3) is 0 Å². The van der Waals surface area contributed by atoms with Gasteiger partial charge in [-0.1, -0.05) is 29.8 Å². The zero-order valence-electron chi connectivity index (χ0n) is 8.91. The minimum atomic E-state index is -0.183. The molecule has 1 heterocycles. The Balaban J connectivity index is 1.87. The highest BCUT2D eigenvalue weighted by Crippen LogP contribution is 2.16. The Morgan fingerprint density at radius 1 is 1.50 bits per heavy atom. The van der Waals surface area contributed by atoms with Crippen LogP contribution in [0.15, 0.2) is 24.3 Å². The summed E-state index contributed by atoms with van der Waals surface area (Å²) in [6.07, 6.45) is 1.90. The summed E-state index contributed by atoms with van der Waals surface area (Å²) in [7, 11) is 0. The van der Waals surface area contributed by atoms with Crippen LogP contribution < -0.4 is 5.32 Å². The summed E-state index contributed by atoms with van der Waals surface area (Å²) < 4.78 is 5.21. The lowest BCUT2D eigenvalue weighted by Crippen LogP contribution is -2.32. The maximum absolute atomic E-state index is 11.6. The lowest BCUT2D eigenvalue weighted by molar-refractivity contribution is -0.147. The van der Waals surface area contributed by atoms with Crippen LogP contribution in [0.2, 0.25) is 5.02 Å². The predicted octanol–water partition coefficient (Wildman–Crippen LogP) is 2.14. The Kier molecular flexibility index (Phi) is 3.80. The topological polar surface area (TPSA) is 38.3 Å². The highest BCUT2D eigenvalue weighted by Gasteiger charge is 2.23. The molecule has 0 aromatic heterocycles. The number of carbonyl (C=O) groups is 1. The molecular weight excluding hydrogens is 226 g/mol. The summed E-state index contributed by atoms with van der Waals surface area (Å²) in [5.41, 5.74) is 0.843. The van der Waals surface area contributed by atoms with Gasteiger partial charge in [0.25, 0.3) is 0 Å². The van der Waals surface area contributed by atoms with Gasteiger partial charge < -0.3 is 10.1 Å². The normalized spacial score (nSPS) is 19.7. The minimum Gasteiger partial charge on any atom is -0.460 e. The lowest BCUT2D eigenvalue weighted by Gasteiger charge is -2.10. The fraction of sp³-hybridized carbons (Fsp3) is 0.417. The molecule has 0 bridgehead atoms. The number of ether oxygens (including phenoxy) is 1. The maximum atomic E-state index is 11.6. The molecule has 1 aliphatic rings. The smallest absolute Gasteiger partial charge is 0.323 e. The van der Waals surface area contributed by atoms with Crippen LogP contribution >= 0.6 is 11.6 Å². The predicted molar refractivity (Wildman–Crippen MR) is 62.3 cm³/mol. The second-order valence-electron chi connectivity index (χ2n) is 3.85. The van der Waals surface area contributed by atoms with E-state index in [1.807, 2.05) is 18.2 Å². The van der Waals surface area contributed by atoms with E-state index < -0.39 is 0 Å². The molecule has 1 aliphatic heterocycles. The largest absolute Gasteiger partial charge is 0.460 e. The van der Waals surface area contributed by atoms with Crippen molar-refractivity contribution in [1.82, 2.24) is 5.32 Å². The van der Waals surface area contributed by atoms with E-state index >= 15 is 0 Å². The van der Waals surface area contributed by atoms with Crippen LogP contribution in [0, 0.1) is 0 Å². The summed E-state index contributed by atoms with van der Waals surface area (Å²) in [5, 5.41) is 3.73. The van der Waals surface area contributed by atoms with Crippen LogP contribution in [0.4, 0.5) is 0 Å². The molecule has 16 heavy (non-hydrogen) atoms. The lowest BCUT2D eigenvalue weighted by atomic mass is 10.2. The average molecular weight is 240 g/mol. The second kappa shape index (κ2) is 5.32. The summed E-state index contributed by atoms with van der Waals surface area (Å²) in [4.78, 5) is 11.6. The first kappa shape index (κ1) is 11.4. The number of carbonyl (C=O) groups excluding carboxylic acids is 1. The summed E-state index contributed by atoms with van der Waals surface area (Å²) in [6, 6.07) is 7.24. The monoisotopic (exact) mass is 239 g/mol. The van der Waals surface area contributed by atoms with Crippen molar-refractivity contribution >= 4 is 17.6 Å². The number of halogens is 1. The van der Waals surface area contributed by atoms with Gasteiger partial charge in [0.1, 0.15) is 12.6 Å².